The monoisotopic (exact) mass is 258 g/mol. The molecule has 0 atom stereocenters. The zero-order valence-corrected chi connectivity index (χ0v) is 11.3. The van der Waals surface area contributed by atoms with Crippen molar-refractivity contribution in [2.24, 2.45) is 0 Å². The molecule has 3 heteroatoms. The lowest BCUT2D eigenvalue weighted by molar-refractivity contribution is 0.227. The first-order chi connectivity index (χ1) is 9.28. The number of benzene rings is 1. The molecule has 0 bridgehead atoms. The van der Waals surface area contributed by atoms with Crippen LogP contribution in [0, 0.1) is 0 Å². The molecule has 0 unspecified atom stereocenters. The van der Waals surface area contributed by atoms with Crippen LogP contribution in [0.25, 0.3) is 0 Å². The van der Waals surface area contributed by atoms with Crippen LogP contribution in [0.15, 0.2) is 30.3 Å². The molecule has 0 heterocycles. The molecule has 2 amide bonds. The molecular weight excluding hydrogens is 236 g/mol. The normalized spacial score (nSPS) is 21.7. The second-order valence-corrected chi connectivity index (χ2v) is 5.88. The van der Waals surface area contributed by atoms with Crippen LogP contribution >= 0.6 is 0 Å². The molecule has 102 valence electrons. The zero-order valence-electron chi connectivity index (χ0n) is 11.3. The Morgan fingerprint density at radius 1 is 1.05 bits per heavy atom. The van der Waals surface area contributed by atoms with Gasteiger partial charge in [-0.2, -0.15) is 0 Å². The summed E-state index contributed by atoms with van der Waals surface area (Å²) in [6.07, 6.45) is 8.17. The van der Waals surface area contributed by atoms with Crippen LogP contribution in [0.1, 0.15) is 50.5 Å². The van der Waals surface area contributed by atoms with Gasteiger partial charge in [-0.3, -0.25) is 0 Å². The maximum absolute atomic E-state index is 12.1. The summed E-state index contributed by atoms with van der Waals surface area (Å²) in [7, 11) is 0. The fraction of sp³-hybridized carbons (Fsp3) is 0.562. The topological polar surface area (TPSA) is 41.1 Å². The molecule has 2 saturated carbocycles. The lowest BCUT2D eigenvalue weighted by atomic mass is 9.96. The summed E-state index contributed by atoms with van der Waals surface area (Å²) in [5, 5.41) is 6.32. The Balaban J connectivity index is 1.57. The Labute approximate surface area is 114 Å². The molecule has 0 spiro atoms. The van der Waals surface area contributed by atoms with Gasteiger partial charge in [-0.15, -0.1) is 0 Å². The molecular formula is C16H22N2O. The third-order valence-corrected chi connectivity index (χ3v) is 4.37. The zero-order chi connectivity index (χ0) is 13.1. The van der Waals surface area contributed by atoms with E-state index in [2.05, 4.69) is 22.8 Å². The van der Waals surface area contributed by atoms with Gasteiger partial charge in [0.2, 0.25) is 0 Å². The minimum atomic E-state index is -0.0972. The predicted molar refractivity (Wildman–Crippen MR) is 75.9 cm³/mol. The molecule has 3 nitrogen and oxygen atoms in total. The molecule has 1 aromatic carbocycles. The highest BCUT2D eigenvalue weighted by atomic mass is 16.2. The van der Waals surface area contributed by atoms with Gasteiger partial charge in [-0.25, -0.2) is 4.79 Å². The van der Waals surface area contributed by atoms with Crippen molar-refractivity contribution in [1.29, 1.82) is 0 Å². The molecule has 2 fully saturated rings. The summed E-state index contributed by atoms with van der Waals surface area (Å²) in [6, 6.07) is 10.7. The highest BCUT2D eigenvalue weighted by molar-refractivity contribution is 5.76. The highest BCUT2D eigenvalue weighted by Gasteiger charge is 2.45. The maximum atomic E-state index is 12.1. The van der Waals surface area contributed by atoms with E-state index in [-0.39, 0.29) is 11.6 Å². The van der Waals surface area contributed by atoms with E-state index in [4.69, 9.17) is 0 Å². The van der Waals surface area contributed by atoms with E-state index in [1.165, 1.54) is 24.8 Å². The second-order valence-electron chi connectivity index (χ2n) is 5.88. The van der Waals surface area contributed by atoms with Crippen LogP contribution in [0.4, 0.5) is 4.79 Å². The minimum absolute atomic E-state index is 0.00764. The standard InChI is InChI=1S/C16H22N2O/c19-15(17-14-9-5-2-6-10-14)18-16(11-12-16)13-7-3-1-4-8-13/h1,3-4,7-8,14H,2,5-6,9-12H2,(H2,17,18,19). The fourth-order valence-corrected chi connectivity index (χ4v) is 3.05. The lowest BCUT2D eigenvalue weighted by Crippen LogP contribution is -2.46. The molecule has 2 N–H and O–H groups in total. The van der Waals surface area contributed by atoms with Crippen molar-refractivity contribution >= 4 is 6.03 Å². The smallest absolute Gasteiger partial charge is 0.315 e. The van der Waals surface area contributed by atoms with E-state index in [0.29, 0.717) is 6.04 Å². The molecule has 1 aromatic rings. The van der Waals surface area contributed by atoms with Crippen LogP contribution in [0.5, 0.6) is 0 Å². The van der Waals surface area contributed by atoms with Gasteiger partial charge < -0.3 is 10.6 Å². The Hall–Kier alpha value is -1.51. The summed E-state index contributed by atoms with van der Waals surface area (Å²) in [4.78, 5) is 12.1. The van der Waals surface area contributed by atoms with Gasteiger partial charge in [-0.1, -0.05) is 49.6 Å². The lowest BCUT2D eigenvalue weighted by Gasteiger charge is -2.25. The Kier molecular flexibility index (Phi) is 3.45. The number of carbonyl (C=O) groups excluding carboxylic acids is 1. The van der Waals surface area contributed by atoms with Crippen LogP contribution < -0.4 is 10.6 Å². The van der Waals surface area contributed by atoms with E-state index in [9.17, 15) is 4.79 Å². The van der Waals surface area contributed by atoms with Gasteiger partial charge in [0.05, 0.1) is 5.54 Å². The Morgan fingerprint density at radius 3 is 2.37 bits per heavy atom. The quantitative estimate of drug-likeness (QED) is 0.858. The summed E-state index contributed by atoms with van der Waals surface area (Å²) >= 11 is 0. The molecule has 0 radical (unpaired) electrons. The molecule has 0 saturated heterocycles. The first-order valence-corrected chi connectivity index (χ1v) is 7.43. The summed E-state index contributed by atoms with van der Waals surface area (Å²) < 4.78 is 0. The first-order valence-electron chi connectivity index (χ1n) is 7.43. The molecule has 0 aromatic heterocycles. The van der Waals surface area contributed by atoms with Crippen molar-refractivity contribution in [3.63, 3.8) is 0 Å². The summed E-state index contributed by atoms with van der Waals surface area (Å²) in [5.74, 6) is 0. The van der Waals surface area contributed by atoms with Crippen LogP contribution in [-0.2, 0) is 5.54 Å². The third kappa shape index (κ3) is 2.91. The second kappa shape index (κ2) is 5.24. The number of hydrogen-bond acceptors (Lipinski definition) is 1. The van der Waals surface area contributed by atoms with E-state index in [1.807, 2.05) is 18.2 Å². The van der Waals surface area contributed by atoms with Gasteiger partial charge >= 0.3 is 6.03 Å². The maximum Gasteiger partial charge on any atom is 0.315 e. The van der Waals surface area contributed by atoms with Gasteiger partial charge in [-0.05, 0) is 31.2 Å². The summed E-state index contributed by atoms with van der Waals surface area (Å²) in [5.41, 5.74) is 1.13. The van der Waals surface area contributed by atoms with Crippen LogP contribution in [-0.4, -0.2) is 12.1 Å². The average Bonchev–Trinajstić information content (AvgIpc) is 3.21. The van der Waals surface area contributed by atoms with Gasteiger partial charge in [0.1, 0.15) is 0 Å². The van der Waals surface area contributed by atoms with Crippen LogP contribution in [0.3, 0.4) is 0 Å². The molecule has 2 aliphatic rings. The predicted octanol–water partition coefficient (Wildman–Crippen LogP) is 3.31. The largest absolute Gasteiger partial charge is 0.335 e. The number of urea groups is 1. The van der Waals surface area contributed by atoms with Crippen molar-refractivity contribution in [3.05, 3.63) is 35.9 Å². The molecule has 19 heavy (non-hydrogen) atoms. The van der Waals surface area contributed by atoms with Crippen molar-refractivity contribution in [2.75, 3.05) is 0 Å². The van der Waals surface area contributed by atoms with Crippen LogP contribution in [0.2, 0.25) is 0 Å². The Bertz CT molecular complexity index is 433. The number of rotatable bonds is 3. The summed E-state index contributed by atoms with van der Waals surface area (Å²) in [6.45, 7) is 0. The van der Waals surface area contributed by atoms with Crippen molar-refractivity contribution < 1.29 is 4.79 Å². The Morgan fingerprint density at radius 2 is 1.74 bits per heavy atom. The van der Waals surface area contributed by atoms with Crippen molar-refractivity contribution in [3.8, 4) is 0 Å². The third-order valence-electron chi connectivity index (χ3n) is 4.37. The molecule has 2 aliphatic carbocycles. The van der Waals surface area contributed by atoms with Crippen molar-refractivity contribution in [2.45, 2.75) is 56.5 Å². The number of amides is 2. The SMILES string of the molecule is O=C(NC1CCCCC1)NC1(c2ccccc2)CC1. The highest BCUT2D eigenvalue weighted by Crippen LogP contribution is 2.45. The van der Waals surface area contributed by atoms with E-state index >= 15 is 0 Å². The average molecular weight is 258 g/mol. The van der Waals surface area contributed by atoms with Gasteiger partial charge in [0.15, 0.2) is 0 Å². The number of carbonyl (C=O) groups is 1. The van der Waals surface area contributed by atoms with E-state index < -0.39 is 0 Å². The van der Waals surface area contributed by atoms with Gasteiger partial charge in [0, 0.05) is 6.04 Å². The first kappa shape index (κ1) is 12.5. The number of hydrogen-bond donors (Lipinski definition) is 2. The molecule has 3 rings (SSSR count). The number of nitrogens with one attached hydrogen (secondary N) is 2. The minimum Gasteiger partial charge on any atom is -0.335 e. The van der Waals surface area contributed by atoms with E-state index in [1.54, 1.807) is 0 Å². The van der Waals surface area contributed by atoms with Crippen molar-refractivity contribution in [1.82, 2.24) is 10.6 Å². The van der Waals surface area contributed by atoms with E-state index in [0.717, 1.165) is 25.7 Å². The fourth-order valence-electron chi connectivity index (χ4n) is 3.05. The molecule has 0 aliphatic heterocycles. The van der Waals surface area contributed by atoms with Gasteiger partial charge in [0.25, 0.3) is 0 Å².